The summed E-state index contributed by atoms with van der Waals surface area (Å²) in [6.45, 7) is 5.20. The molecule has 4 aromatic rings. The molecule has 0 aliphatic heterocycles. The first-order valence-corrected chi connectivity index (χ1v) is 17.0. The van der Waals surface area contributed by atoms with Gasteiger partial charge in [0.25, 0.3) is 10.0 Å². The Bertz CT molecular complexity index is 1750. The van der Waals surface area contributed by atoms with Crippen LogP contribution in [0.15, 0.2) is 108 Å². The Kier molecular flexibility index (Phi) is 12.0. The number of para-hydroxylation sites is 2. The second-order valence-electron chi connectivity index (χ2n) is 11.4. The van der Waals surface area contributed by atoms with Gasteiger partial charge >= 0.3 is 0 Å². The number of hydrogen-bond acceptors (Lipinski definition) is 6. The van der Waals surface area contributed by atoms with Crippen LogP contribution in [0.5, 0.6) is 11.5 Å². The molecule has 248 valence electrons. The first kappa shape index (κ1) is 35.0. The molecule has 0 radical (unpaired) electrons. The van der Waals surface area contributed by atoms with Crippen molar-refractivity contribution >= 4 is 27.5 Å². The molecule has 0 bridgehead atoms. The Morgan fingerprint density at radius 3 is 2.15 bits per heavy atom. The molecule has 1 N–H and O–H groups in total. The first-order chi connectivity index (χ1) is 22.6. The van der Waals surface area contributed by atoms with Crippen LogP contribution in [-0.2, 0) is 32.6 Å². The number of nitrogens with zero attached hydrogens (tertiary/aromatic N) is 2. The summed E-state index contributed by atoms with van der Waals surface area (Å²) in [6.07, 6.45) is 0.919. The van der Waals surface area contributed by atoms with E-state index in [-0.39, 0.29) is 41.2 Å². The van der Waals surface area contributed by atoms with Crippen molar-refractivity contribution in [1.29, 1.82) is 0 Å². The Labute approximate surface area is 278 Å². The molecule has 4 rings (SSSR count). The normalized spacial score (nSPS) is 12.4. The van der Waals surface area contributed by atoms with Crippen LogP contribution in [-0.4, -0.2) is 58.0 Å². The van der Waals surface area contributed by atoms with Crippen LogP contribution >= 0.6 is 0 Å². The highest BCUT2D eigenvalue weighted by atomic mass is 32.2. The van der Waals surface area contributed by atoms with Gasteiger partial charge in [0.05, 0.1) is 24.8 Å². The summed E-state index contributed by atoms with van der Waals surface area (Å²) in [7, 11) is -1.26. The van der Waals surface area contributed by atoms with Crippen molar-refractivity contribution in [1.82, 2.24) is 10.2 Å². The van der Waals surface area contributed by atoms with Gasteiger partial charge in [0.15, 0.2) is 0 Å². The van der Waals surface area contributed by atoms with Crippen molar-refractivity contribution in [2.75, 3.05) is 25.1 Å². The van der Waals surface area contributed by atoms with E-state index in [2.05, 4.69) is 5.32 Å². The van der Waals surface area contributed by atoms with Gasteiger partial charge in [0.1, 0.15) is 24.1 Å². The van der Waals surface area contributed by atoms with E-state index in [1.54, 1.807) is 55.6 Å². The van der Waals surface area contributed by atoms with Crippen LogP contribution in [0, 0.1) is 6.92 Å². The van der Waals surface area contributed by atoms with Gasteiger partial charge in [0.2, 0.25) is 11.8 Å². The van der Waals surface area contributed by atoms with Gasteiger partial charge in [-0.2, -0.15) is 0 Å². The minimum atomic E-state index is -4.26. The van der Waals surface area contributed by atoms with Crippen molar-refractivity contribution in [3.8, 4) is 11.5 Å². The number of hydrogen-bond donors (Lipinski definition) is 1. The third-order valence-electron chi connectivity index (χ3n) is 8.00. The van der Waals surface area contributed by atoms with E-state index in [1.165, 1.54) is 24.1 Å². The largest absolute Gasteiger partial charge is 0.497 e. The number of carbonyl (C=O) groups is 2. The summed E-state index contributed by atoms with van der Waals surface area (Å²) in [4.78, 5) is 30.2. The van der Waals surface area contributed by atoms with E-state index in [0.717, 1.165) is 21.0 Å². The second-order valence-corrected chi connectivity index (χ2v) is 13.3. The van der Waals surface area contributed by atoms with Crippen molar-refractivity contribution in [3.05, 3.63) is 120 Å². The van der Waals surface area contributed by atoms with Crippen LogP contribution in [0.2, 0.25) is 0 Å². The minimum absolute atomic E-state index is 0.0245. The van der Waals surface area contributed by atoms with Gasteiger partial charge in [0, 0.05) is 19.0 Å². The molecule has 2 atom stereocenters. The number of anilines is 1. The van der Waals surface area contributed by atoms with Crippen LogP contribution < -0.4 is 19.1 Å². The lowest BCUT2D eigenvalue weighted by Crippen LogP contribution is -2.54. The quantitative estimate of drug-likeness (QED) is 0.174. The molecule has 4 aromatic carbocycles. The number of methoxy groups -OCH3 is 2. The molecule has 0 unspecified atom stereocenters. The van der Waals surface area contributed by atoms with Crippen molar-refractivity contribution < 1.29 is 27.5 Å². The van der Waals surface area contributed by atoms with E-state index in [9.17, 15) is 18.0 Å². The number of aryl methyl sites for hydroxylation is 1. The van der Waals surface area contributed by atoms with Gasteiger partial charge in [-0.15, -0.1) is 0 Å². The number of nitrogens with one attached hydrogen (secondary N) is 1. The van der Waals surface area contributed by atoms with Gasteiger partial charge in [-0.05, 0) is 67.8 Å². The highest BCUT2D eigenvalue weighted by molar-refractivity contribution is 7.92. The molecular weight excluding hydrogens is 614 g/mol. The maximum atomic E-state index is 14.7. The maximum Gasteiger partial charge on any atom is 0.264 e. The molecule has 47 heavy (non-hydrogen) atoms. The third kappa shape index (κ3) is 8.92. The predicted octanol–water partition coefficient (Wildman–Crippen LogP) is 5.76. The molecule has 0 aliphatic rings. The summed E-state index contributed by atoms with van der Waals surface area (Å²) in [5.74, 6) is -0.0128. The average Bonchev–Trinajstić information content (AvgIpc) is 3.09. The Morgan fingerprint density at radius 2 is 1.49 bits per heavy atom. The van der Waals surface area contributed by atoms with Crippen molar-refractivity contribution in [2.45, 2.75) is 57.1 Å². The predicted molar refractivity (Wildman–Crippen MR) is 184 cm³/mol. The number of ether oxygens (including phenoxy) is 2. The van der Waals surface area contributed by atoms with E-state index < -0.39 is 28.5 Å². The number of rotatable bonds is 15. The summed E-state index contributed by atoms with van der Waals surface area (Å²) in [5, 5.41) is 3.05. The molecule has 0 fully saturated rings. The summed E-state index contributed by atoms with van der Waals surface area (Å²) < 4.78 is 40.6. The molecule has 10 heteroatoms. The molecule has 0 saturated carbocycles. The third-order valence-corrected chi connectivity index (χ3v) is 9.77. The zero-order valence-electron chi connectivity index (χ0n) is 27.6. The van der Waals surface area contributed by atoms with Gasteiger partial charge in [-0.3, -0.25) is 13.9 Å². The lowest BCUT2D eigenvalue weighted by atomic mass is 10.0. The van der Waals surface area contributed by atoms with Crippen LogP contribution in [0.1, 0.15) is 37.0 Å². The fourth-order valence-corrected chi connectivity index (χ4v) is 6.57. The van der Waals surface area contributed by atoms with Gasteiger partial charge in [-0.25, -0.2) is 8.42 Å². The van der Waals surface area contributed by atoms with Crippen LogP contribution in [0.3, 0.4) is 0 Å². The Balaban J connectivity index is 1.84. The molecular formula is C37H43N3O6S. The highest BCUT2D eigenvalue weighted by Gasteiger charge is 2.35. The lowest BCUT2D eigenvalue weighted by molar-refractivity contribution is -0.140. The topological polar surface area (TPSA) is 105 Å². The van der Waals surface area contributed by atoms with E-state index in [1.807, 2.05) is 63.2 Å². The smallest absolute Gasteiger partial charge is 0.264 e. The molecule has 0 aliphatic carbocycles. The minimum Gasteiger partial charge on any atom is -0.497 e. The molecule has 9 nitrogen and oxygen atoms in total. The molecule has 0 saturated heterocycles. The molecule has 0 aromatic heterocycles. The molecule has 0 heterocycles. The Hall–Kier alpha value is -4.83. The van der Waals surface area contributed by atoms with Crippen LogP contribution in [0.25, 0.3) is 0 Å². The van der Waals surface area contributed by atoms with Gasteiger partial charge < -0.3 is 19.7 Å². The summed E-state index contributed by atoms with van der Waals surface area (Å²) >= 11 is 0. The van der Waals surface area contributed by atoms with E-state index in [4.69, 9.17) is 9.47 Å². The summed E-state index contributed by atoms with van der Waals surface area (Å²) in [5.41, 5.74) is 2.67. The van der Waals surface area contributed by atoms with Gasteiger partial charge in [-0.1, -0.05) is 79.2 Å². The SMILES string of the molecule is CC[C@@H](C)NC(=O)[C@H](Cc1ccccc1)N(Cc1cccc(OC)c1)C(=O)CN(c1ccccc1OC)S(=O)(=O)c1ccc(C)cc1. The van der Waals surface area contributed by atoms with Crippen molar-refractivity contribution in [3.63, 3.8) is 0 Å². The first-order valence-electron chi connectivity index (χ1n) is 15.6. The fourth-order valence-electron chi connectivity index (χ4n) is 5.15. The number of sulfonamides is 1. The summed E-state index contributed by atoms with van der Waals surface area (Å²) in [6, 6.07) is 28.7. The van der Waals surface area contributed by atoms with Crippen molar-refractivity contribution in [2.24, 2.45) is 0 Å². The zero-order valence-corrected chi connectivity index (χ0v) is 28.4. The Morgan fingerprint density at radius 1 is 0.830 bits per heavy atom. The maximum absolute atomic E-state index is 14.7. The number of benzene rings is 4. The van der Waals surface area contributed by atoms with E-state index >= 15 is 0 Å². The molecule has 2 amide bonds. The number of carbonyl (C=O) groups excluding carboxylic acids is 2. The fraction of sp³-hybridized carbons (Fsp3) is 0.297. The van der Waals surface area contributed by atoms with E-state index in [0.29, 0.717) is 12.2 Å². The van der Waals surface area contributed by atoms with Crippen LogP contribution in [0.4, 0.5) is 5.69 Å². The molecule has 0 spiro atoms. The lowest BCUT2D eigenvalue weighted by Gasteiger charge is -2.34. The second kappa shape index (κ2) is 16.1. The monoisotopic (exact) mass is 657 g/mol. The zero-order chi connectivity index (χ0) is 34.0. The number of amides is 2. The standard InChI is InChI=1S/C37H43N3O6S/c1-6-28(3)38-37(42)34(24-29-13-8-7-9-14-29)39(25-30-15-12-16-31(23-30)45-4)36(41)26-40(33-17-10-11-18-35(33)46-5)47(43,44)32-21-19-27(2)20-22-32/h7-23,28,34H,6,24-26H2,1-5H3,(H,38,42)/t28-,34+/m1/s1. The highest BCUT2D eigenvalue weighted by Crippen LogP contribution is 2.33. The average molecular weight is 658 g/mol.